The van der Waals surface area contributed by atoms with Crippen LogP contribution in [0.1, 0.15) is 32.6 Å². The van der Waals surface area contributed by atoms with Crippen molar-refractivity contribution in [3.8, 4) is 5.75 Å². The van der Waals surface area contributed by atoms with Crippen LogP contribution in [0.2, 0.25) is 5.02 Å². The number of halogens is 1. The van der Waals surface area contributed by atoms with Crippen LogP contribution in [0.5, 0.6) is 5.75 Å². The highest BCUT2D eigenvalue weighted by molar-refractivity contribution is 7.92. The maximum absolute atomic E-state index is 12.7. The third-order valence-electron chi connectivity index (χ3n) is 4.67. The molecular weight excluding hydrogens is 386 g/mol. The van der Waals surface area contributed by atoms with Gasteiger partial charge in [0.1, 0.15) is 5.75 Å². The van der Waals surface area contributed by atoms with Crippen LogP contribution < -0.4 is 10.1 Å². The fourth-order valence-electron chi connectivity index (χ4n) is 3.16. The molecule has 1 aliphatic rings. The normalized spacial score (nSPS) is 16.1. The van der Waals surface area contributed by atoms with Crippen LogP contribution in [0, 0.1) is 0 Å². The molecule has 1 N–H and O–H groups in total. The average Bonchev–Trinajstić information content (AvgIpc) is 3.19. The maximum atomic E-state index is 12.7. The van der Waals surface area contributed by atoms with Crippen molar-refractivity contribution in [1.82, 2.24) is 0 Å². The zero-order valence-electron chi connectivity index (χ0n) is 15.0. The second-order valence-corrected chi connectivity index (χ2v) is 9.35. The zero-order valence-corrected chi connectivity index (χ0v) is 16.6. The molecule has 1 atom stereocenters. The highest BCUT2D eigenvalue weighted by Crippen LogP contribution is 2.30. The molecule has 0 aliphatic heterocycles. The van der Waals surface area contributed by atoms with Crippen molar-refractivity contribution < 1.29 is 17.9 Å². The van der Waals surface area contributed by atoms with Crippen LogP contribution >= 0.6 is 11.6 Å². The summed E-state index contributed by atoms with van der Waals surface area (Å²) in [6, 6.07) is 13.1. The van der Waals surface area contributed by atoms with E-state index in [1.165, 1.54) is 6.07 Å². The molecular formula is C20H22ClNO4S. The van der Waals surface area contributed by atoms with Gasteiger partial charge in [0, 0.05) is 10.7 Å². The molecule has 1 unspecified atom stereocenters. The van der Waals surface area contributed by atoms with Crippen molar-refractivity contribution in [2.24, 2.45) is 0 Å². The average molecular weight is 408 g/mol. The van der Waals surface area contributed by atoms with Crippen molar-refractivity contribution >= 4 is 33.0 Å². The van der Waals surface area contributed by atoms with Gasteiger partial charge in [0.05, 0.1) is 10.1 Å². The van der Waals surface area contributed by atoms with Gasteiger partial charge in [-0.2, -0.15) is 0 Å². The van der Waals surface area contributed by atoms with E-state index in [2.05, 4.69) is 5.32 Å². The lowest BCUT2D eigenvalue weighted by Crippen LogP contribution is -2.30. The molecule has 0 radical (unpaired) electrons. The predicted molar refractivity (Wildman–Crippen MR) is 106 cm³/mol. The number of amides is 1. The molecule has 3 rings (SSSR count). The van der Waals surface area contributed by atoms with E-state index < -0.39 is 15.9 Å². The Morgan fingerprint density at radius 2 is 1.81 bits per heavy atom. The third-order valence-corrected chi connectivity index (χ3v) is 7.18. The van der Waals surface area contributed by atoms with Crippen LogP contribution in [0.25, 0.3) is 0 Å². The number of carbonyl (C=O) groups is 1. The van der Waals surface area contributed by atoms with Gasteiger partial charge in [-0.1, -0.05) is 30.5 Å². The molecule has 0 heterocycles. The summed E-state index contributed by atoms with van der Waals surface area (Å²) in [5, 5.41) is 2.98. The minimum absolute atomic E-state index is 0.249. The smallest absolute Gasteiger partial charge is 0.265 e. The summed E-state index contributed by atoms with van der Waals surface area (Å²) >= 11 is 5.83. The molecule has 0 saturated heterocycles. The van der Waals surface area contributed by atoms with Gasteiger partial charge >= 0.3 is 0 Å². The molecule has 7 heteroatoms. The molecule has 2 aromatic carbocycles. The summed E-state index contributed by atoms with van der Waals surface area (Å²) in [4.78, 5) is 12.6. The van der Waals surface area contributed by atoms with E-state index in [1.54, 1.807) is 49.4 Å². The predicted octanol–water partition coefficient (Wildman–Crippen LogP) is 4.46. The Morgan fingerprint density at radius 1 is 1.15 bits per heavy atom. The van der Waals surface area contributed by atoms with Crippen LogP contribution in [0.15, 0.2) is 53.4 Å². The minimum atomic E-state index is -3.36. The number of benzene rings is 2. The van der Waals surface area contributed by atoms with Crippen LogP contribution in [0.3, 0.4) is 0 Å². The Morgan fingerprint density at radius 3 is 2.48 bits per heavy atom. The van der Waals surface area contributed by atoms with E-state index >= 15 is 0 Å². The van der Waals surface area contributed by atoms with Crippen molar-refractivity contribution in [3.05, 3.63) is 53.6 Å². The van der Waals surface area contributed by atoms with Crippen molar-refractivity contribution in [2.75, 3.05) is 5.32 Å². The highest BCUT2D eigenvalue weighted by Gasteiger charge is 2.30. The first kappa shape index (κ1) is 19.7. The van der Waals surface area contributed by atoms with Crippen molar-refractivity contribution in [3.63, 3.8) is 0 Å². The van der Waals surface area contributed by atoms with Crippen LogP contribution in [-0.4, -0.2) is 25.7 Å². The van der Waals surface area contributed by atoms with Gasteiger partial charge in [-0.05, 0) is 62.2 Å². The first-order valence-corrected chi connectivity index (χ1v) is 10.9. The summed E-state index contributed by atoms with van der Waals surface area (Å²) in [6.07, 6.45) is 2.54. The number of rotatable bonds is 6. The second kappa shape index (κ2) is 8.31. The van der Waals surface area contributed by atoms with Crippen molar-refractivity contribution in [1.29, 1.82) is 0 Å². The number of carbonyl (C=O) groups excluding carboxylic acids is 1. The summed E-state index contributed by atoms with van der Waals surface area (Å²) in [5.41, 5.74) is 0.436. The number of sulfone groups is 1. The Balaban J connectivity index is 1.68. The second-order valence-electron chi connectivity index (χ2n) is 6.68. The van der Waals surface area contributed by atoms with Gasteiger partial charge < -0.3 is 10.1 Å². The molecule has 1 aliphatic carbocycles. The van der Waals surface area contributed by atoms with Gasteiger partial charge in [0.2, 0.25) is 0 Å². The molecule has 0 aromatic heterocycles. The Hall–Kier alpha value is -2.05. The Labute approximate surface area is 164 Å². The molecule has 1 fully saturated rings. The van der Waals surface area contributed by atoms with E-state index in [0.717, 1.165) is 12.8 Å². The van der Waals surface area contributed by atoms with E-state index in [4.69, 9.17) is 16.3 Å². The zero-order chi connectivity index (χ0) is 19.4. The monoisotopic (exact) mass is 407 g/mol. The van der Waals surface area contributed by atoms with Gasteiger partial charge in [-0.25, -0.2) is 8.42 Å². The molecule has 0 bridgehead atoms. The van der Waals surface area contributed by atoms with Crippen molar-refractivity contribution in [2.45, 2.75) is 48.9 Å². The molecule has 0 spiro atoms. The van der Waals surface area contributed by atoms with Crippen LogP contribution in [-0.2, 0) is 14.6 Å². The lowest BCUT2D eigenvalue weighted by molar-refractivity contribution is -0.122. The largest absolute Gasteiger partial charge is 0.481 e. The molecule has 5 nitrogen and oxygen atoms in total. The molecule has 144 valence electrons. The number of anilines is 1. The van der Waals surface area contributed by atoms with Crippen LogP contribution in [0.4, 0.5) is 5.69 Å². The van der Waals surface area contributed by atoms with Gasteiger partial charge in [0.15, 0.2) is 15.9 Å². The lowest BCUT2D eigenvalue weighted by atomic mass is 10.3. The van der Waals surface area contributed by atoms with Gasteiger partial charge in [-0.3, -0.25) is 4.79 Å². The Kier molecular flexibility index (Phi) is 6.07. The number of ether oxygens (including phenoxy) is 1. The summed E-state index contributed by atoms with van der Waals surface area (Å²) in [6.45, 7) is 1.63. The highest BCUT2D eigenvalue weighted by atomic mass is 35.5. The SMILES string of the molecule is CC(Oc1ccc(Cl)cc1)C(=O)Nc1cccc(S(=O)(=O)C2CCCC2)c1. The standard InChI is InChI=1S/C20H22ClNO4S/c1-14(26-17-11-9-15(21)10-12-17)20(23)22-16-5-4-8-19(13-16)27(24,25)18-6-2-3-7-18/h4-5,8-14,18H,2-3,6-7H2,1H3,(H,22,23). The number of nitrogens with one attached hydrogen (secondary N) is 1. The molecule has 1 amide bonds. The number of hydrogen-bond donors (Lipinski definition) is 1. The first-order valence-electron chi connectivity index (χ1n) is 8.93. The fraction of sp³-hybridized carbons (Fsp3) is 0.350. The van der Waals surface area contributed by atoms with Gasteiger partial charge in [0.25, 0.3) is 5.91 Å². The van der Waals surface area contributed by atoms with E-state index in [9.17, 15) is 13.2 Å². The third kappa shape index (κ3) is 4.82. The van der Waals surface area contributed by atoms with E-state index in [-0.39, 0.29) is 16.1 Å². The van der Waals surface area contributed by atoms with E-state index in [1.807, 2.05) is 0 Å². The lowest BCUT2D eigenvalue weighted by Gasteiger charge is -2.16. The maximum Gasteiger partial charge on any atom is 0.265 e. The molecule has 27 heavy (non-hydrogen) atoms. The van der Waals surface area contributed by atoms with Gasteiger partial charge in [-0.15, -0.1) is 0 Å². The topological polar surface area (TPSA) is 72.5 Å². The molecule has 2 aromatic rings. The number of hydrogen-bond acceptors (Lipinski definition) is 4. The minimum Gasteiger partial charge on any atom is -0.481 e. The quantitative estimate of drug-likeness (QED) is 0.767. The summed E-state index contributed by atoms with van der Waals surface area (Å²) in [5.74, 6) is 0.167. The fourth-order valence-corrected chi connectivity index (χ4v) is 5.18. The van der Waals surface area contributed by atoms with E-state index in [0.29, 0.717) is 29.3 Å². The molecule has 1 saturated carbocycles. The Bertz CT molecular complexity index is 906. The first-order chi connectivity index (χ1) is 12.9. The summed E-state index contributed by atoms with van der Waals surface area (Å²) in [7, 11) is -3.36. The summed E-state index contributed by atoms with van der Waals surface area (Å²) < 4.78 is 31.0.